The second-order valence-electron chi connectivity index (χ2n) is 27.1. The molecule has 1 fully saturated rings. The molecule has 2 aliphatic rings. The number of aryl methyl sites for hydroxylation is 1. The highest BCUT2D eigenvalue weighted by molar-refractivity contribution is 6.00. The Bertz CT molecular complexity index is 2420. The SMILES string of the molecule is CCCCCCCC[C@H](NC(=O)[C@@H]1CCCN1C(=O)C1CCc2ccccc2C1)C(=O)N[C@@H](CC(C)C)C(=O)NC(C)(C)C(=O)N[C@@H](CC(C)C)C(=O)N[C@@H](CC(C)C)C(=O)NC(C)(C)C(=O)NC(C)(C)C(=O)NCCC(=O)N[C@@H](C)CN(C)C. The maximum absolute atomic E-state index is 14.5. The molecular weight excluding hydrogens is 1080 g/mol. The summed E-state index contributed by atoms with van der Waals surface area (Å²) >= 11 is 0. The van der Waals surface area contributed by atoms with E-state index in [4.69, 9.17) is 0 Å². The Balaban J connectivity index is 1.73. The van der Waals surface area contributed by atoms with Gasteiger partial charge in [-0.05, 0) is 149 Å². The van der Waals surface area contributed by atoms with Gasteiger partial charge in [-0.25, -0.2) is 0 Å². The van der Waals surface area contributed by atoms with Crippen LogP contribution in [0.1, 0.15) is 198 Å². The number of nitrogens with zero attached hydrogens (tertiary/aromatic N) is 2. The number of benzene rings is 1. The van der Waals surface area contributed by atoms with Crippen LogP contribution in [-0.4, -0.2) is 155 Å². The lowest BCUT2D eigenvalue weighted by Gasteiger charge is -2.34. The van der Waals surface area contributed by atoms with Crippen LogP contribution >= 0.6 is 0 Å². The minimum Gasteiger partial charge on any atom is -0.354 e. The molecule has 1 aromatic carbocycles. The summed E-state index contributed by atoms with van der Waals surface area (Å²) < 4.78 is 0. The number of hydrogen-bond acceptors (Lipinski definition) is 11. The zero-order valence-electron chi connectivity index (χ0n) is 54.5. The van der Waals surface area contributed by atoms with E-state index in [0.717, 1.165) is 44.1 Å². The fourth-order valence-electron chi connectivity index (χ4n) is 11.0. The van der Waals surface area contributed by atoms with Gasteiger partial charge in [0.2, 0.25) is 59.1 Å². The minimum absolute atomic E-state index is 0.0299. The van der Waals surface area contributed by atoms with E-state index in [9.17, 15) is 47.9 Å². The van der Waals surface area contributed by atoms with Crippen molar-refractivity contribution < 1.29 is 47.9 Å². The fourth-order valence-corrected chi connectivity index (χ4v) is 11.0. The number of nitrogens with one attached hydrogen (secondary N) is 9. The van der Waals surface area contributed by atoms with Crippen LogP contribution in [0.3, 0.4) is 0 Å². The lowest BCUT2D eigenvalue weighted by atomic mass is 9.83. The average molecular weight is 1190 g/mol. The Hall–Kier alpha value is -6.12. The highest BCUT2D eigenvalue weighted by Crippen LogP contribution is 2.30. The second kappa shape index (κ2) is 34.3. The molecule has 21 heteroatoms. The number of amides is 10. The van der Waals surface area contributed by atoms with Crippen molar-refractivity contribution in [1.29, 1.82) is 0 Å². The number of fused-ring (bicyclic) bond motifs is 1. The predicted octanol–water partition coefficient (Wildman–Crippen LogP) is 4.87. The summed E-state index contributed by atoms with van der Waals surface area (Å²) in [7, 11) is 3.80. The Morgan fingerprint density at radius 1 is 0.576 bits per heavy atom. The highest BCUT2D eigenvalue weighted by atomic mass is 16.2. The number of likely N-dealkylation sites (tertiary alicyclic amines) is 1. The van der Waals surface area contributed by atoms with Crippen LogP contribution in [0.15, 0.2) is 24.3 Å². The van der Waals surface area contributed by atoms with Crippen molar-refractivity contribution in [3.63, 3.8) is 0 Å². The second-order valence-corrected chi connectivity index (χ2v) is 27.1. The van der Waals surface area contributed by atoms with E-state index in [1.54, 1.807) is 4.90 Å². The van der Waals surface area contributed by atoms with Gasteiger partial charge in [0, 0.05) is 38.0 Å². The van der Waals surface area contributed by atoms with Crippen molar-refractivity contribution in [3.05, 3.63) is 35.4 Å². The highest BCUT2D eigenvalue weighted by Gasteiger charge is 2.42. The third kappa shape index (κ3) is 24.6. The van der Waals surface area contributed by atoms with Crippen molar-refractivity contribution in [2.45, 2.75) is 253 Å². The lowest BCUT2D eigenvalue weighted by molar-refractivity contribution is -0.142. The number of carbonyl (C=O) groups excluding carboxylic acids is 10. The standard InChI is InChI=1S/C64H109N11O10/c1-17-18-19-20-21-22-28-47(67-57(81)51-29-25-34-75(51)58(82)46-31-30-44-26-23-24-27-45(44)38-46)53(77)68-49(36-41(4)5)55(79)71-63(11,12)60(84)70-48(35-40(2)3)54(78)69-50(37-42(6)7)56(80)72-64(13,14)61(85)73-62(9,10)59(83)65-33-32-52(76)66-43(8)39-74(15)16/h23-24,26-27,40-43,46-51H,17-22,25,28-39H2,1-16H3,(H,65,83)(H,66,76)(H,67,81)(H,68,77)(H,69,78)(H,70,84)(H,71,79)(H,72,80)(H,73,85)/t43-,46?,47-,48-,49-,50-,51-/m0/s1. The summed E-state index contributed by atoms with van der Waals surface area (Å²) in [4.78, 5) is 143. The molecule has 0 spiro atoms. The quantitative estimate of drug-likeness (QED) is 0.0414. The fraction of sp³-hybridized carbons (Fsp3) is 0.750. The normalized spacial score (nSPS) is 17.2. The van der Waals surface area contributed by atoms with Gasteiger partial charge in [-0.1, -0.05) is 111 Å². The molecule has 1 aromatic rings. The van der Waals surface area contributed by atoms with Crippen LogP contribution < -0.4 is 47.9 Å². The Kier molecular flexibility index (Phi) is 29.5. The van der Waals surface area contributed by atoms with Crippen molar-refractivity contribution in [2.75, 3.05) is 33.7 Å². The van der Waals surface area contributed by atoms with Crippen LogP contribution in [0.2, 0.25) is 0 Å². The first-order valence-corrected chi connectivity index (χ1v) is 31.5. The Labute approximate surface area is 508 Å². The predicted molar refractivity (Wildman–Crippen MR) is 331 cm³/mol. The summed E-state index contributed by atoms with van der Waals surface area (Å²) in [6.45, 7) is 25.3. The first kappa shape index (κ1) is 73.1. The molecule has 0 bridgehead atoms. The van der Waals surface area contributed by atoms with E-state index in [1.807, 2.05) is 79.6 Å². The zero-order chi connectivity index (χ0) is 64.0. The molecule has 1 unspecified atom stereocenters. The van der Waals surface area contributed by atoms with E-state index in [2.05, 4.69) is 66.9 Å². The average Bonchev–Trinajstić information content (AvgIpc) is 4.20. The summed E-state index contributed by atoms with van der Waals surface area (Å²) in [5.74, 6) is -5.70. The maximum Gasteiger partial charge on any atom is 0.246 e. The topological polar surface area (TPSA) is 285 Å². The molecule has 0 aromatic heterocycles. The van der Waals surface area contributed by atoms with Crippen LogP contribution in [0.25, 0.3) is 0 Å². The first-order valence-electron chi connectivity index (χ1n) is 31.5. The van der Waals surface area contributed by atoms with Crippen molar-refractivity contribution in [3.8, 4) is 0 Å². The van der Waals surface area contributed by atoms with Crippen molar-refractivity contribution >= 4 is 59.1 Å². The van der Waals surface area contributed by atoms with E-state index in [-0.39, 0.29) is 73.8 Å². The van der Waals surface area contributed by atoms with Gasteiger partial charge in [0.1, 0.15) is 46.8 Å². The number of carbonyl (C=O) groups is 10. The third-order valence-corrected chi connectivity index (χ3v) is 15.7. The van der Waals surface area contributed by atoms with Gasteiger partial charge in [0.05, 0.1) is 0 Å². The molecule has 0 saturated carbocycles. The van der Waals surface area contributed by atoms with Gasteiger partial charge in [-0.2, -0.15) is 0 Å². The maximum atomic E-state index is 14.5. The van der Waals surface area contributed by atoms with Gasteiger partial charge >= 0.3 is 0 Å². The molecule has 7 atom stereocenters. The third-order valence-electron chi connectivity index (χ3n) is 15.7. The van der Waals surface area contributed by atoms with Gasteiger partial charge < -0.3 is 57.7 Å². The Morgan fingerprint density at radius 2 is 1.08 bits per heavy atom. The van der Waals surface area contributed by atoms with E-state index in [1.165, 1.54) is 47.1 Å². The number of likely N-dealkylation sites (N-methyl/N-ethyl adjacent to an activating group) is 1. The molecule has 1 saturated heterocycles. The monoisotopic (exact) mass is 1190 g/mol. The molecular formula is C64H109N11O10. The zero-order valence-corrected chi connectivity index (χ0v) is 54.5. The number of unbranched alkanes of at least 4 members (excludes halogenated alkanes) is 5. The molecule has 3 rings (SSSR count). The molecule has 9 N–H and O–H groups in total. The van der Waals surface area contributed by atoms with Gasteiger partial charge in [-0.3, -0.25) is 47.9 Å². The molecule has 1 aliphatic carbocycles. The molecule has 21 nitrogen and oxygen atoms in total. The van der Waals surface area contributed by atoms with Crippen molar-refractivity contribution in [2.24, 2.45) is 23.7 Å². The molecule has 1 aliphatic heterocycles. The summed E-state index contributed by atoms with van der Waals surface area (Å²) in [6, 6.07) is 2.88. The summed E-state index contributed by atoms with van der Waals surface area (Å²) in [5, 5.41) is 25.4. The number of hydrogen-bond donors (Lipinski definition) is 9. The van der Waals surface area contributed by atoms with Gasteiger partial charge in [-0.15, -0.1) is 0 Å². The van der Waals surface area contributed by atoms with Crippen LogP contribution in [0, 0.1) is 23.7 Å². The smallest absolute Gasteiger partial charge is 0.246 e. The lowest BCUT2D eigenvalue weighted by Crippen LogP contribution is -2.65. The van der Waals surface area contributed by atoms with E-state index >= 15 is 0 Å². The summed E-state index contributed by atoms with van der Waals surface area (Å²) in [5.41, 5.74) is -2.26. The molecule has 10 amide bonds. The Morgan fingerprint density at radius 3 is 1.64 bits per heavy atom. The van der Waals surface area contributed by atoms with E-state index in [0.29, 0.717) is 51.6 Å². The summed E-state index contributed by atoms with van der Waals surface area (Å²) in [6.07, 6.45) is 9.80. The van der Waals surface area contributed by atoms with Crippen molar-refractivity contribution in [1.82, 2.24) is 57.7 Å². The van der Waals surface area contributed by atoms with Crippen LogP contribution in [0.4, 0.5) is 0 Å². The molecule has 1 heterocycles. The molecule has 0 radical (unpaired) electrons. The minimum atomic E-state index is -1.63. The van der Waals surface area contributed by atoms with E-state index < -0.39 is 94.1 Å². The van der Waals surface area contributed by atoms with Crippen LogP contribution in [0.5, 0.6) is 0 Å². The first-order chi connectivity index (χ1) is 39.7. The largest absolute Gasteiger partial charge is 0.354 e. The van der Waals surface area contributed by atoms with Crippen LogP contribution in [-0.2, 0) is 60.8 Å². The molecule has 480 valence electrons. The number of rotatable bonds is 35. The van der Waals surface area contributed by atoms with Gasteiger partial charge in [0.25, 0.3) is 0 Å². The molecule has 85 heavy (non-hydrogen) atoms. The van der Waals surface area contributed by atoms with Gasteiger partial charge in [0.15, 0.2) is 0 Å².